The number of rotatable bonds is 6. The quantitative estimate of drug-likeness (QED) is 0.749. The zero-order chi connectivity index (χ0) is 17.5. The average Bonchev–Trinajstić information content (AvgIpc) is 2.63. The number of nitrogens with one attached hydrogen (secondary N) is 1. The summed E-state index contributed by atoms with van der Waals surface area (Å²) in [6.07, 6.45) is 1.58. The van der Waals surface area contributed by atoms with Gasteiger partial charge in [-0.1, -0.05) is 24.3 Å². The summed E-state index contributed by atoms with van der Waals surface area (Å²) in [7, 11) is 1.88. The highest BCUT2D eigenvalue weighted by molar-refractivity contribution is 5.94. The van der Waals surface area contributed by atoms with E-state index in [1.54, 1.807) is 30.5 Å². The van der Waals surface area contributed by atoms with Crippen LogP contribution in [-0.2, 0) is 4.79 Å². The van der Waals surface area contributed by atoms with Crippen molar-refractivity contribution in [3.05, 3.63) is 72.9 Å². The molecule has 3 rings (SSSR count). The number of hydrogen-bond acceptors (Lipinski definition) is 5. The van der Waals surface area contributed by atoms with Crippen LogP contribution in [0, 0.1) is 0 Å². The Labute approximate surface area is 146 Å². The largest absolute Gasteiger partial charge is 0.437 e. The molecule has 1 heterocycles. The van der Waals surface area contributed by atoms with Crippen molar-refractivity contribution < 1.29 is 9.53 Å². The molecule has 0 fully saturated rings. The highest BCUT2D eigenvalue weighted by Crippen LogP contribution is 2.22. The molecule has 1 amide bonds. The Hall–Kier alpha value is -3.41. The van der Waals surface area contributed by atoms with Gasteiger partial charge in [0.25, 0.3) is 0 Å². The molecule has 0 radical (unpaired) electrons. The monoisotopic (exact) mass is 334 g/mol. The van der Waals surface area contributed by atoms with Gasteiger partial charge < -0.3 is 15.0 Å². The minimum absolute atomic E-state index is 0.108. The molecular weight excluding hydrogens is 316 g/mol. The molecule has 1 N–H and O–H groups in total. The van der Waals surface area contributed by atoms with E-state index in [0.29, 0.717) is 17.3 Å². The molecule has 0 bridgehead atoms. The summed E-state index contributed by atoms with van der Waals surface area (Å²) in [5, 5.41) is 10.5. The van der Waals surface area contributed by atoms with Gasteiger partial charge in [-0.05, 0) is 30.3 Å². The molecule has 0 saturated carbocycles. The smallest absolute Gasteiger partial charge is 0.243 e. The fourth-order valence-corrected chi connectivity index (χ4v) is 2.29. The summed E-state index contributed by atoms with van der Waals surface area (Å²) >= 11 is 0. The number of carbonyl (C=O) groups is 1. The van der Waals surface area contributed by atoms with Crippen LogP contribution in [0.25, 0.3) is 0 Å². The van der Waals surface area contributed by atoms with Crippen LogP contribution in [0.1, 0.15) is 0 Å². The lowest BCUT2D eigenvalue weighted by Gasteiger charge is -2.18. The molecule has 6 heteroatoms. The predicted molar refractivity (Wildman–Crippen MR) is 96.9 cm³/mol. The summed E-state index contributed by atoms with van der Waals surface area (Å²) in [6.45, 7) is 0.249. The van der Waals surface area contributed by atoms with Crippen LogP contribution >= 0.6 is 0 Å². The third-order valence-electron chi connectivity index (χ3n) is 3.47. The molecule has 25 heavy (non-hydrogen) atoms. The molecule has 0 aliphatic heterocycles. The molecule has 2 aromatic carbocycles. The third-order valence-corrected chi connectivity index (χ3v) is 3.47. The van der Waals surface area contributed by atoms with Crippen molar-refractivity contribution in [1.29, 1.82) is 0 Å². The average molecular weight is 334 g/mol. The lowest BCUT2D eigenvalue weighted by molar-refractivity contribution is -0.114. The van der Waals surface area contributed by atoms with Crippen LogP contribution in [0.4, 0.5) is 11.4 Å². The molecule has 0 saturated heterocycles. The van der Waals surface area contributed by atoms with Crippen LogP contribution in [0.3, 0.4) is 0 Å². The number of hydrogen-bond donors (Lipinski definition) is 1. The number of amides is 1. The van der Waals surface area contributed by atoms with Crippen LogP contribution in [0.15, 0.2) is 72.9 Å². The number of nitrogens with zero attached hydrogens (tertiary/aromatic N) is 3. The van der Waals surface area contributed by atoms with E-state index in [1.807, 2.05) is 54.4 Å². The Kier molecular flexibility index (Phi) is 5.21. The van der Waals surface area contributed by atoms with Crippen LogP contribution in [0.5, 0.6) is 11.6 Å². The van der Waals surface area contributed by atoms with E-state index in [1.165, 1.54) is 0 Å². The number of para-hydroxylation sites is 1. The van der Waals surface area contributed by atoms with Crippen molar-refractivity contribution >= 4 is 17.3 Å². The molecule has 3 aromatic rings. The number of carbonyl (C=O) groups excluding carboxylic acids is 1. The topological polar surface area (TPSA) is 67.4 Å². The maximum absolute atomic E-state index is 12.2. The van der Waals surface area contributed by atoms with Gasteiger partial charge in [-0.3, -0.25) is 4.79 Å². The standard InChI is InChI=1S/C19H18N4O2/c1-23(16-8-3-2-4-9-16)14-18(24)21-15-7-5-10-17(13-15)25-19-11-6-12-20-22-19/h2-13H,14H2,1H3,(H,21,24). The van der Waals surface area contributed by atoms with Crippen molar-refractivity contribution in [2.45, 2.75) is 0 Å². The van der Waals surface area contributed by atoms with E-state index in [-0.39, 0.29) is 12.5 Å². The first kappa shape index (κ1) is 16.4. The lowest BCUT2D eigenvalue weighted by Crippen LogP contribution is -2.29. The van der Waals surface area contributed by atoms with E-state index in [9.17, 15) is 4.79 Å². The fourth-order valence-electron chi connectivity index (χ4n) is 2.29. The van der Waals surface area contributed by atoms with E-state index in [4.69, 9.17) is 4.74 Å². The molecule has 0 aliphatic carbocycles. The zero-order valence-electron chi connectivity index (χ0n) is 13.8. The molecule has 0 atom stereocenters. The van der Waals surface area contributed by atoms with Crippen molar-refractivity contribution in [2.24, 2.45) is 0 Å². The molecule has 6 nitrogen and oxygen atoms in total. The number of ether oxygens (including phenoxy) is 1. The van der Waals surface area contributed by atoms with Crippen LogP contribution < -0.4 is 15.0 Å². The van der Waals surface area contributed by atoms with Gasteiger partial charge >= 0.3 is 0 Å². The normalized spacial score (nSPS) is 10.1. The Bertz CT molecular complexity index is 825. The first-order valence-corrected chi connectivity index (χ1v) is 7.82. The van der Waals surface area contributed by atoms with Crippen LogP contribution in [-0.4, -0.2) is 29.7 Å². The number of anilines is 2. The van der Waals surface area contributed by atoms with Crippen molar-refractivity contribution in [3.63, 3.8) is 0 Å². The van der Waals surface area contributed by atoms with E-state index in [2.05, 4.69) is 15.5 Å². The first-order chi connectivity index (χ1) is 12.2. The molecule has 126 valence electrons. The SMILES string of the molecule is CN(CC(=O)Nc1cccc(Oc2cccnn2)c1)c1ccccc1. The van der Waals surface area contributed by atoms with E-state index in [0.717, 1.165) is 5.69 Å². The van der Waals surface area contributed by atoms with Gasteiger partial charge in [0.15, 0.2) is 0 Å². The minimum atomic E-state index is -0.108. The maximum atomic E-state index is 12.2. The Morgan fingerprint density at radius 1 is 1.08 bits per heavy atom. The van der Waals surface area contributed by atoms with E-state index >= 15 is 0 Å². The Balaban J connectivity index is 1.61. The summed E-state index contributed by atoms with van der Waals surface area (Å²) in [4.78, 5) is 14.1. The second-order valence-electron chi connectivity index (χ2n) is 5.43. The van der Waals surface area contributed by atoms with Gasteiger partial charge in [0.2, 0.25) is 11.8 Å². The third kappa shape index (κ3) is 4.78. The van der Waals surface area contributed by atoms with Gasteiger partial charge in [0, 0.05) is 36.8 Å². The van der Waals surface area contributed by atoms with Gasteiger partial charge in [0.05, 0.1) is 6.54 Å². The minimum Gasteiger partial charge on any atom is -0.437 e. The molecule has 0 spiro atoms. The molecule has 0 aliphatic rings. The molecule has 0 unspecified atom stereocenters. The fraction of sp³-hybridized carbons (Fsp3) is 0.105. The van der Waals surface area contributed by atoms with Crippen LogP contribution in [0.2, 0.25) is 0 Å². The number of benzene rings is 2. The van der Waals surface area contributed by atoms with E-state index < -0.39 is 0 Å². The zero-order valence-corrected chi connectivity index (χ0v) is 13.8. The Morgan fingerprint density at radius 2 is 1.92 bits per heavy atom. The first-order valence-electron chi connectivity index (χ1n) is 7.82. The Morgan fingerprint density at radius 3 is 2.68 bits per heavy atom. The van der Waals surface area contributed by atoms with Gasteiger partial charge in [-0.2, -0.15) is 5.10 Å². The van der Waals surface area contributed by atoms with Gasteiger partial charge in [-0.15, -0.1) is 5.10 Å². The van der Waals surface area contributed by atoms with Crippen molar-refractivity contribution in [1.82, 2.24) is 10.2 Å². The molecule has 1 aromatic heterocycles. The maximum Gasteiger partial charge on any atom is 0.243 e. The molecular formula is C19H18N4O2. The number of likely N-dealkylation sites (N-methyl/N-ethyl adjacent to an activating group) is 1. The summed E-state index contributed by atoms with van der Waals surface area (Å²) in [5.41, 5.74) is 1.64. The van der Waals surface area contributed by atoms with Gasteiger partial charge in [-0.25, -0.2) is 0 Å². The summed E-state index contributed by atoms with van der Waals surface area (Å²) < 4.78 is 5.62. The lowest BCUT2D eigenvalue weighted by atomic mass is 10.3. The number of aromatic nitrogens is 2. The summed E-state index contributed by atoms with van der Waals surface area (Å²) in [6, 6.07) is 20.4. The second-order valence-corrected chi connectivity index (χ2v) is 5.43. The predicted octanol–water partition coefficient (Wildman–Crippen LogP) is 3.34. The van der Waals surface area contributed by atoms with Crippen molar-refractivity contribution in [3.8, 4) is 11.6 Å². The highest BCUT2D eigenvalue weighted by atomic mass is 16.5. The van der Waals surface area contributed by atoms with Crippen molar-refractivity contribution in [2.75, 3.05) is 23.8 Å². The second kappa shape index (κ2) is 7.92. The summed E-state index contributed by atoms with van der Waals surface area (Å²) in [5.74, 6) is 0.868. The highest BCUT2D eigenvalue weighted by Gasteiger charge is 2.08. The van der Waals surface area contributed by atoms with Gasteiger partial charge in [0.1, 0.15) is 5.75 Å².